The van der Waals surface area contributed by atoms with Crippen LogP contribution in [0.2, 0.25) is 0 Å². The third kappa shape index (κ3) is 1.78. The average Bonchev–Trinajstić information content (AvgIpc) is 2.76. The molecular formula is C19H28O2. The van der Waals surface area contributed by atoms with E-state index in [0.29, 0.717) is 29.0 Å². The number of carbonyl (C=O) groups is 1. The van der Waals surface area contributed by atoms with Crippen molar-refractivity contribution in [2.75, 3.05) is 0 Å². The van der Waals surface area contributed by atoms with Gasteiger partial charge in [-0.1, -0.05) is 19.9 Å². The third-order valence-electron chi connectivity index (χ3n) is 7.91. The Morgan fingerprint density at radius 3 is 2.76 bits per heavy atom. The highest BCUT2D eigenvalue weighted by molar-refractivity contribution is 5.97. The lowest BCUT2D eigenvalue weighted by atomic mass is 9.45. The van der Waals surface area contributed by atoms with E-state index in [2.05, 4.69) is 19.9 Å². The van der Waals surface area contributed by atoms with Gasteiger partial charge in [0.1, 0.15) is 0 Å². The highest BCUT2D eigenvalue weighted by Crippen LogP contribution is 2.64. The van der Waals surface area contributed by atoms with Gasteiger partial charge in [-0.15, -0.1) is 0 Å². The average molecular weight is 288 g/mol. The van der Waals surface area contributed by atoms with Crippen LogP contribution in [0.3, 0.4) is 0 Å². The van der Waals surface area contributed by atoms with Crippen LogP contribution in [-0.4, -0.2) is 17.0 Å². The molecule has 4 aliphatic rings. The van der Waals surface area contributed by atoms with Crippen molar-refractivity contribution in [1.82, 2.24) is 0 Å². The summed E-state index contributed by atoms with van der Waals surface area (Å²) in [4.78, 5) is 12.3. The zero-order chi connectivity index (χ0) is 14.8. The first-order valence-electron chi connectivity index (χ1n) is 8.86. The topological polar surface area (TPSA) is 37.3 Å². The summed E-state index contributed by atoms with van der Waals surface area (Å²) in [5, 5.41) is 10.0. The maximum atomic E-state index is 12.3. The van der Waals surface area contributed by atoms with Crippen molar-refractivity contribution >= 4 is 5.78 Å². The molecule has 0 spiro atoms. The molecule has 0 aromatic heterocycles. The Hall–Kier alpha value is -0.630. The highest BCUT2D eigenvalue weighted by atomic mass is 16.3. The highest BCUT2D eigenvalue weighted by Gasteiger charge is 2.58. The zero-order valence-electron chi connectivity index (χ0n) is 13.3. The van der Waals surface area contributed by atoms with Crippen molar-refractivity contribution in [3.63, 3.8) is 0 Å². The molecule has 0 bridgehead atoms. The van der Waals surface area contributed by atoms with Gasteiger partial charge in [0.15, 0.2) is 5.78 Å². The number of aliphatic hydroxyl groups is 1. The van der Waals surface area contributed by atoms with E-state index in [1.54, 1.807) is 0 Å². The summed E-state index contributed by atoms with van der Waals surface area (Å²) < 4.78 is 0. The Bertz CT molecular complexity index is 496. The first-order valence-corrected chi connectivity index (χ1v) is 8.86. The van der Waals surface area contributed by atoms with Gasteiger partial charge in [-0.25, -0.2) is 0 Å². The van der Waals surface area contributed by atoms with Gasteiger partial charge in [0.25, 0.3) is 0 Å². The lowest BCUT2D eigenvalue weighted by Gasteiger charge is -2.59. The number of aliphatic hydroxyl groups excluding tert-OH is 1. The molecule has 3 saturated carbocycles. The maximum Gasteiger partial charge on any atom is 0.161 e. The lowest BCUT2D eigenvalue weighted by Crippen LogP contribution is -2.54. The normalized spacial score (nSPS) is 55.8. The quantitative estimate of drug-likeness (QED) is 0.737. The third-order valence-corrected chi connectivity index (χ3v) is 7.91. The summed E-state index contributed by atoms with van der Waals surface area (Å²) in [6.07, 6.45) is 12.0. The minimum Gasteiger partial charge on any atom is -0.393 e. The van der Waals surface area contributed by atoms with Gasteiger partial charge in [0.05, 0.1) is 6.10 Å². The van der Waals surface area contributed by atoms with Gasteiger partial charge in [0.2, 0.25) is 0 Å². The van der Waals surface area contributed by atoms with E-state index in [0.717, 1.165) is 25.2 Å². The summed E-state index contributed by atoms with van der Waals surface area (Å²) >= 11 is 0. The van der Waals surface area contributed by atoms with Gasteiger partial charge in [0, 0.05) is 5.41 Å². The van der Waals surface area contributed by atoms with Crippen LogP contribution >= 0.6 is 0 Å². The van der Waals surface area contributed by atoms with E-state index in [9.17, 15) is 9.90 Å². The van der Waals surface area contributed by atoms with Crippen LogP contribution in [-0.2, 0) is 4.79 Å². The van der Waals surface area contributed by atoms with Crippen molar-refractivity contribution in [3.05, 3.63) is 12.2 Å². The molecule has 4 aliphatic carbocycles. The Kier molecular flexibility index (Phi) is 2.96. The Balaban J connectivity index is 1.65. The molecule has 7 atom stereocenters. The van der Waals surface area contributed by atoms with Crippen molar-refractivity contribution < 1.29 is 9.90 Å². The zero-order valence-corrected chi connectivity index (χ0v) is 13.3. The largest absolute Gasteiger partial charge is 0.393 e. The lowest BCUT2D eigenvalue weighted by molar-refractivity contribution is -0.139. The Morgan fingerprint density at radius 1 is 1.14 bits per heavy atom. The second kappa shape index (κ2) is 4.44. The van der Waals surface area contributed by atoms with Crippen LogP contribution in [0.15, 0.2) is 12.2 Å². The Morgan fingerprint density at radius 2 is 1.95 bits per heavy atom. The number of ketones is 1. The second-order valence-corrected chi connectivity index (χ2v) is 8.68. The monoisotopic (exact) mass is 288 g/mol. The van der Waals surface area contributed by atoms with Crippen molar-refractivity contribution in [2.24, 2.45) is 34.5 Å². The molecule has 4 rings (SSSR count). The number of fused-ring (bicyclic) bond motifs is 5. The van der Waals surface area contributed by atoms with Gasteiger partial charge in [-0.05, 0) is 80.1 Å². The number of rotatable bonds is 0. The molecule has 0 aliphatic heterocycles. The fraction of sp³-hybridized carbons (Fsp3) is 0.842. The smallest absolute Gasteiger partial charge is 0.161 e. The van der Waals surface area contributed by atoms with Crippen molar-refractivity contribution in [1.29, 1.82) is 0 Å². The number of hydrogen-bond acceptors (Lipinski definition) is 2. The van der Waals surface area contributed by atoms with E-state index in [4.69, 9.17) is 0 Å². The molecule has 0 aromatic rings. The summed E-state index contributed by atoms with van der Waals surface area (Å²) in [5.74, 6) is 3.01. The van der Waals surface area contributed by atoms with Crippen LogP contribution in [0.25, 0.3) is 0 Å². The van der Waals surface area contributed by atoms with Crippen LogP contribution in [0, 0.1) is 34.5 Å². The Labute approximate surface area is 128 Å². The molecule has 0 radical (unpaired) electrons. The van der Waals surface area contributed by atoms with Crippen LogP contribution < -0.4 is 0 Å². The summed E-state index contributed by atoms with van der Waals surface area (Å²) in [7, 11) is 0. The minimum atomic E-state index is -0.0987. The van der Waals surface area contributed by atoms with Crippen molar-refractivity contribution in [3.8, 4) is 0 Å². The molecule has 3 fully saturated rings. The van der Waals surface area contributed by atoms with E-state index >= 15 is 0 Å². The van der Waals surface area contributed by atoms with E-state index < -0.39 is 0 Å². The molecule has 116 valence electrons. The predicted octanol–water partition coefficient (Wildman–Crippen LogP) is 3.74. The van der Waals surface area contributed by atoms with E-state index in [1.165, 1.54) is 25.7 Å². The van der Waals surface area contributed by atoms with Crippen LogP contribution in [0.4, 0.5) is 0 Å². The molecule has 2 unspecified atom stereocenters. The van der Waals surface area contributed by atoms with Crippen LogP contribution in [0.1, 0.15) is 58.8 Å². The number of carbonyl (C=O) groups excluding carboxylic acids is 1. The summed E-state index contributed by atoms with van der Waals surface area (Å²) in [6.45, 7) is 4.69. The molecule has 0 amide bonds. The molecule has 0 saturated heterocycles. The molecular weight excluding hydrogens is 260 g/mol. The van der Waals surface area contributed by atoms with Gasteiger partial charge < -0.3 is 5.11 Å². The fourth-order valence-corrected chi connectivity index (χ4v) is 6.51. The van der Waals surface area contributed by atoms with Crippen LogP contribution in [0.5, 0.6) is 0 Å². The molecule has 0 aromatic carbocycles. The molecule has 2 nitrogen and oxygen atoms in total. The molecule has 2 heteroatoms. The predicted molar refractivity (Wildman–Crippen MR) is 82.6 cm³/mol. The minimum absolute atomic E-state index is 0.0681. The summed E-state index contributed by atoms with van der Waals surface area (Å²) in [6, 6.07) is 0. The van der Waals surface area contributed by atoms with Gasteiger partial charge in [-0.3, -0.25) is 4.79 Å². The first-order chi connectivity index (χ1) is 9.95. The SMILES string of the molecule is C[C@]12CCC3C(CC[C@H]4C[C@@H](O)CC[C@]34C)[C@H]1C=CC2=O. The fourth-order valence-electron chi connectivity index (χ4n) is 6.51. The second-order valence-electron chi connectivity index (χ2n) is 8.68. The maximum absolute atomic E-state index is 12.3. The number of allylic oxidation sites excluding steroid dienone is 2. The summed E-state index contributed by atoms with van der Waals surface area (Å²) in [5.41, 5.74) is 0.307. The number of hydrogen-bond donors (Lipinski definition) is 1. The molecule has 0 heterocycles. The van der Waals surface area contributed by atoms with E-state index in [-0.39, 0.29) is 11.5 Å². The molecule has 1 N–H and O–H groups in total. The first kappa shape index (κ1) is 14.0. The van der Waals surface area contributed by atoms with Crippen molar-refractivity contribution in [2.45, 2.75) is 64.9 Å². The van der Waals surface area contributed by atoms with Gasteiger partial charge in [-0.2, -0.15) is 0 Å². The molecule has 21 heavy (non-hydrogen) atoms. The van der Waals surface area contributed by atoms with E-state index in [1.807, 2.05) is 6.08 Å². The van der Waals surface area contributed by atoms with Gasteiger partial charge >= 0.3 is 0 Å². The standard InChI is InChI=1S/C19H28O2/c1-18-9-7-13(20)11-12(18)3-4-14-15-5-6-17(21)19(15,2)10-8-16(14)18/h5-6,12-16,20H,3-4,7-11H2,1-2H3/t12-,13-,14?,15+,16?,18-,19-/m0/s1.